The number of hydrogen-bond acceptors (Lipinski definition) is 3. The van der Waals surface area contributed by atoms with Gasteiger partial charge in [0.15, 0.2) is 0 Å². The molecule has 2 atom stereocenters. The lowest BCUT2D eigenvalue weighted by molar-refractivity contribution is 0.0712. The normalized spacial score (nSPS) is 21.7. The van der Waals surface area contributed by atoms with Crippen LogP contribution in [0.25, 0.3) is 16.8 Å². The highest BCUT2D eigenvalue weighted by Crippen LogP contribution is 2.37. The topological polar surface area (TPSA) is 72.9 Å². The summed E-state index contributed by atoms with van der Waals surface area (Å²) >= 11 is 0. The number of primary amides is 1. The van der Waals surface area contributed by atoms with E-state index in [1.54, 1.807) is 0 Å². The first-order valence-electron chi connectivity index (χ1n) is 10.8. The van der Waals surface area contributed by atoms with Gasteiger partial charge in [-0.25, -0.2) is 9.78 Å². The molecule has 5 rings (SSSR count). The van der Waals surface area contributed by atoms with Crippen LogP contribution in [-0.4, -0.2) is 39.0 Å². The number of imidazole rings is 1. The number of benzene rings is 1. The molecular weight excluding hydrogens is 376 g/mol. The number of rotatable bonds is 5. The number of hydrogen-bond donors (Lipinski definition) is 1. The molecule has 2 unspecified atom stereocenters. The van der Waals surface area contributed by atoms with Gasteiger partial charge in [0.25, 0.3) is 0 Å². The minimum Gasteiger partial charge on any atom is -0.490 e. The Balaban J connectivity index is 1.28. The molecule has 156 valence electrons. The summed E-state index contributed by atoms with van der Waals surface area (Å²) < 4.78 is 8.40. The first-order chi connectivity index (χ1) is 14.6. The third kappa shape index (κ3) is 3.74. The zero-order valence-electron chi connectivity index (χ0n) is 17.3. The van der Waals surface area contributed by atoms with Crippen molar-refractivity contribution in [3.63, 3.8) is 0 Å². The molecule has 3 aromatic rings. The third-order valence-electron chi connectivity index (χ3n) is 6.54. The summed E-state index contributed by atoms with van der Waals surface area (Å²) in [7, 11) is 0. The molecule has 2 aliphatic rings. The lowest BCUT2D eigenvalue weighted by atomic mass is 9.95. The number of aromatic nitrogens is 2. The van der Waals surface area contributed by atoms with Gasteiger partial charge in [0, 0.05) is 49.1 Å². The van der Waals surface area contributed by atoms with Crippen molar-refractivity contribution in [2.45, 2.75) is 51.2 Å². The number of aryl methyl sites for hydroxylation is 1. The van der Waals surface area contributed by atoms with Gasteiger partial charge in [0.1, 0.15) is 17.5 Å². The fraction of sp³-hybridized carbons (Fsp3) is 0.417. The summed E-state index contributed by atoms with van der Waals surface area (Å²) in [6.45, 7) is 2.79. The molecule has 30 heavy (non-hydrogen) atoms. The molecule has 6 heteroatoms. The first-order valence-corrected chi connectivity index (χ1v) is 10.8. The second kappa shape index (κ2) is 7.67. The van der Waals surface area contributed by atoms with Crippen molar-refractivity contribution in [1.29, 1.82) is 0 Å². The van der Waals surface area contributed by atoms with Gasteiger partial charge in [-0.05, 0) is 49.1 Å². The molecule has 1 saturated heterocycles. The maximum absolute atomic E-state index is 11.8. The Bertz CT molecular complexity index is 1050. The van der Waals surface area contributed by atoms with Gasteiger partial charge in [-0.2, -0.15) is 0 Å². The fourth-order valence-corrected chi connectivity index (χ4v) is 4.71. The van der Waals surface area contributed by atoms with Crippen LogP contribution in [0.3, 0.4) is 0 Å². The van der Waals surface area contributed by atoms with E-state index in [0.717, 1.165) is 42.1 Å². The number of urea groups is 1. The van der Waals surface area contributed by atoms with Crippen molar-refractivity contribution < 1.29 is 9.53 Å². The Morgan fingerprint density at radius 1 is 1.17 bits per heavy atom. The van der Waals surface area contributed by atoms with Gasteiger partial charge in [-0.15, -0.1) is 0 Å². The molecule has 2 fully saturated rings. The average Bonchev–Trinajstić information content (AvgIpc) is 3.41. The van der Waals surface area contributed by atoms with E-state index in [1.807, 2.05) is 35.5 Å². The van der Waals surface area contributed by atoms with E-state index in [9.17, 15) is 4.79 Å². The Kier molecular flexibility index (Phi) is 4.85. The second-order valence-electron chi connectivity index (χ2n) is 8.64. The largest absolute Gasteiger partial charge is 0.490 e. The summed E-state index contributed by atoms with van der Waals surface area (Å²) in [5, 5.41) is 0. The standard InChI is InChI=1S/C24H28N4O2/c1-16-22(8-9-23-26-11-13-27(16)23)18-4-6-20(7-5-18)30-21-10-12-28(24(25)29)19(15-21)14-17-2-3-17/h4-9,11,13,17,19,21H,2-3,10,12,14-15H2,1H3,(H2,25,29). The van der Waals surface area contributed by atoms with Crippen LogP contribution in [0.2, 0.25) is 0 Å². The Hall–Kier alpha value is -3.02. The summed E-state index contributed by atoms with van der Waals surface area (Å²) in [4.78, 5) is 18.0. The Morgan fingerprint density at radius 3 is 2.70 bits per heavy atom. The number of likely N-dealkylation sites (tertiary alicyclic amines) is 1. The molecule has 1 aliphatic carbocycles. The number of pyridine rings is 1. The number of carbonyl (C=O) groups is 1. The molecular formula is C24H28N4O2. The lowest BCUT2D eigenvalue weighted by Crippen LogP contribution is -2.51. The van der Waals surface area contributed by atoms with E-state index in [-0.39, 0.29) is 18.2 Å². The fourth-order valence-electron chi connectivity index (χ4n) is 4.71. The third-order valence-corrected chi connectivity index (χ3v) is 6.54. The van der Waals surface area contributed by atoms with E-state index in [1.165, 1.54) is 24.1 Å². The number of nitrogens with two attached hydrogens (primary N) is 1. The van der Waals surface area contributed by atoms with Gasteiger partial charge >= 0.3 is 6.03 Å². The van der Waals surface area contributed by atoms with Crippen molar-refractivity contribution >= 4 is 11.7 Å². The number of fused-ring (bicyclic) bond motifs is 1. The molecule has 6 nitrogen and oxygen atoms in total. The molecule has 2 aromatic heterocycles. The van der Waals surface area contributed by atoms with Crippen molar-refractivity contribution in [2.24, 2.45) is 11.7 Å². The van der Waals surface area contributed by atoms with E-state index in [4.69, 9.17) is 10.5 Å². The van der Waals surface area contributed by atoms with Crippen molar-refractivity contribution in [2.75, 3.05) is 6.54 Å². The molecule has 1 aliphatic heterocycles. The van der Waals surface area contributed by atoms with Crippen LogP contribution >= 0.6 is 0 Å². The number of piperidine rings is 1. The summed E-state index contributed by atoms with van der Waals surface area (Å²) in [5.41, 5.74) is 10.1. The van der Waals surface area contributed by atoms with E-state index in [0.29, 0.717) is 6.54 Å². The molecule has 0 radical (unpaired) electrons. The highest BCUT2D eigenvalue weighted by molar-refractivity contribution is 5.72. The minimum absolute atomic E-state index is 0.124. The predicted octanol–water partition coefficient (Wildman–Crippen LogP) is 4.40. The van der Waals surface area contributed by atoms with Gasteiger partial charge in [-0.1, -0.05) is 25.0 Å². The van der Waals surface area contributed by atoms with Crippen LogP contribution in [0.15, 0.2) is 48.8 Å². The van der Waals surface area contributed by atoms with Crippen molar-refractivity contribution in [3.8, 4) is 16.9 Å². The summed E-state index contributed by atoms with van der Waals surface area (Å²) in [5.74, 6) is 1.63. The van der Waals surface area contributed by atoms with Crippen LogP contribution in [0.5, 0.6) is 5.75 Å². The number of ether oxygens (including phenoxy) is 1. The highest BCUT2D eigenvalue weighted by Gasteiger charge is 2.35. The smallest absolute Gasteiger partial charge is 0.315 e. The molecule has 3 heterocycles. The summed E-state index contributed by atoms with van der Waals surface area (Å²) in [6.07, 6.45) is 9.23. The Morgan fingerprint density at radius 2 is 1.97 bits per heavy atom. The minimum atomic E-state index is -0.298. The second-order valence-corrected chi connectivity index (χ2v) is 8.64. The van der Waals surface area contributed by atoms with Gasteiger partial charge in [-0.3, -0.25) is 0 Å². The van der Waals surface area contributed by atoms with E-state index >= 15 is 0 Å². The quantitative estimate of drug-likeness (QED) is 0.685. The van der Waals surface area contributed by atoms with E-state index in [2.05, 4.69) is 34.5 Å². The molecule has 2 N–H and O–H groups in total. The first kappa shape index (κ1) is 19.0. The van der Waals surface area contributed by atoms with Crippen LogP contribution in [0, 0.1) is 12.8 Å². The summed E-state index contributed by atoms with van der Waals surface area (Å²) in [6, 6.07) is 12.4. The van der Waals surface area contributed by atoms with Gasteiger partial charge in [0.05, 0.1) is 0 Å². The number of carbonyl (C=O) groups excluding carboxylic acids is 1. The highest BCUT2D eigenvalue weighted by atomic mass is 16.5. The van der Waals surface area contributed by atoms with Crippen LogP contribution in [0.4, 0.5) is 4.79 Å². The maximum Gasteiger partial charge on any atom is 0.315 e. The SMILES string of the molecule is Cc1c(-c2ccc(OC3CCN(C(N)=O)C(CC4CC4)C3)cc2)ccc2nccn12. The van der Waals surface area contributed by atoms with Gasteiger partial charge in [0.2, 0.25) is 0 Å². The zero-order valence-corrected chi connectivity index (χ0v) is 17.3. The molecule has 0 bridgehead atoms. The van der Waals surface area contributed by atoms with Crippen molar-refractivity contribution in [3.05, 3.63) is 54.5 Å². The van der Waals surface area contributed by atoms with Crippen LogP contribution in [-0.2, 0) is 0 Å². The Labute approximate surface area is 176 Å². The molecule has 2 amide bonds. The van der Waals surface area contributed by atoms with Gasteiger partial charge < -0.3 is 19.8 Å². The molecule has 0 spiro atoms. The predicted molar refractivity (Wildman–Crippen MR) is 116 cm³/mol. The van der Waals surface area contributed by atoms with E-state index < -0.39 is 0 Å². The maximum atomic E-state index is 11.8. The number of amides is 2. The number of nitrogens with zero attached hydrogens (tertiary/aromatic N) is 3. The monoisotopic (exact) mass is 404 g/mol. The van der Waals surface area contributed by atoms with Crippen LogP contribution < -0.4 is 10.5 Å². The van der Waals surface area contributed by atoms with Crippen LogP contribution in [0.1, 0.15) is 37.8 Å². The zero-order chi connectivity index (χ0) is 20.7. The molecule has 1 aromatic carbocycles. The average molecular weight is 405 g/mol. The lowest BCUT2D eigenvalue weighted by Gasteiger charge is -2.38. The molecule has 1 saturated carbocycles. The van der Waals surface area contributed by atoms with Crippen molar-refractivity contribution in [1.82, 2.24) is 14.3 Å².